The maximum Gasteiger partial charge on any atom is 0.306 e. The Labute approximate surface area is 438 Å². The molecule has 0 saturated heterocycles. The number of allylic oxidation sites excluding steroid dienone is 16. The average molecular weight is 988 g/mol. The first-order valence-corrected chi connectivity index (χ1v) is 29.8. The van der Waals surface area contributed by atoms with Gasteiger partial charge in [-0.1, -0.05) is 259 Å². The number of carbonyl (C=O) groups is 3. The third-order valence-corrected chi connectivity index (χ3v) is 12.6. The minimum Gasteiger partial charge on any atom is -0.462 e. The van der Waals surface area contributed by atoms with E-state index in [9.17, 15) is 14.4 Å². The van der Waals surface area contributed by atoms with Crippen molar-refractivity contribution in [3.63, 3.8) is 0 Å². The van der Waals surface area contributed by atoms with Crippen LogP contribution in [-0.2, 0) is 28.6 Å². The van der Waals surface area contributed by atoms with Crippen LogP contribution in [0.5, 0.6) is 0 Å². The highest BCUT2D eigenvalue weighted by Crippen LogP contribution is 2.15. The fourth-order valence-corrected chi connectivity index (χ4v) is 8.14. The quantitative estimate of drug-likeness (QED) is 0.0199. The Hall–Kier alpha value is -3.67. The van der Waals surface area contributed by atoms with Crippen LogP contribution in [-0.4, -0.2) is 37.2 Å². The van der Waals surface area contributed by atoms with E-state index in [1.54, 1.807) is 0 Å². The Morgan fingerprint density at radius 3 is 1.00 bits per heavy atom. The van der Waals surface area contributed by atoms with Gasteiger partial charge < -0.3 is 14.2 Å². The van der Waals surface area contributed by atoms with Gasteiger partial charge in [-0.15, -0.1) is 0 Å². The lowest BCUT2D eigenvalue weighted by Gasteiger charge is -2.18. The van der Waals surface area contributed by atoms with Crippen LogP contribution in [0.15, 0.2) is 97.2 Å². The summed E-state index contributed by atoms with van der Waals surface area (Å²) in [7, 11) is 0. The van der Waals surface area contributed by atoms with Gasteiger partial charge in [0.25, 0.3) is 0 Å². The number of esters is 3. The van der Waals surface area contributed by atoms with Gasteiger partial charge in [0.05, 0.1) is 0 Å². The summed E-state index contributed by atoms with van der Waals surface area (Å²) in [5, 5.41) is 0. The second kappa shape index (κ2) is 58.9. The standard InChI is InChI=1S/C65H110O6/c1-4-7-10-13-16-19-22-25-28-31-34-37-40-43-46-49-52-55-58-64(67)70-61-62(60-69-63(66)57-54-51-48-45-42-39-36-33-30-27-24-21-18-15-12-9-6-3)71-65(68)59-56-53-50-47-44-41-38-35-32-29-26-23-20-17-14-11-8-5-2/h10,13,16,18-19,21-22,25,27-28,30-31,34-35,37-38,62H,4-9,11-12,14-15,17,20,23-24,26,29,32-33,36,39-61H2,1-3H3/b13-10-,19-16-,21-18-,25-22-,30-27-,31-28-,37-34-,38-35-. The molecule has 0 rings (SSSR count). The number of hydrogen-bond acceptors (Lipinski definition) is 6. The lowest BCUT2D eigenvalue weighted by Crippen LogP contribution is -2.30. The van der Waals surface area contributed by atoms with Crippen LogP contribution in [0.1, 0.15) is 278 Å². The molecule has 0 spiro atoms. The molecular formula is C65H110O6. The third kappa shape index (κ3) is 57.1. The normalized spacial score (nSPS) is 12.8. The van der Waals surface area contributed by atoms with Crippen LogP contribution in [0.4, 0.5) is 0 Å². The molecule has 0 aliphatic rings. The van der Waals surface area contributed by atoms with Crippen molar-refractivity contribution in [3.8, 4) is 0 Å². The summed E-state index contributed by atoms with van der Waals surface area (Å²) in [6.45, 7) is 6.51. The number of unbranched alkanes of at least 4 members (excludes halogenated alkanes) is 30. The SMILES string of the molecule is CCC\C=C/C=C\C=C/C=C\C=C/CCCCCCCC(=O)OCC(COC(=O)CCCCCCCCC/C=C\C/C=C\CCCCC)OC(=O)CCCCCCC/C=C\CCCCCCCCCCC. The highest BCUT2D eigenvalue weighted by Gasteiger charge is 2.19. The van der Waals surface area contributed by atoms with E-state index in [-0.39, 0.29) is 31.1 Å². The van der Waals surface area contributed by atoms with Gasteiger partial charge in [-0.05, 0) is 96.3 Å². The molecule has 0 bridgehead atoms. The van der Waals surface area contributed by atoms with Crippen LogP contribution >= 0.6 is 0 Å². The monoisotopic (exact) mass is 987 g/mol. The zero-order chi connectivity index (χ0) is 51.4. The lowest BCUT2D eigenvalue weighted by atomic mass is 10.1. The molecule has 0 fully saturated rings. The van der Waals surface area contributed by atoms with Gasteiger partial charge in [0, 0.05) is 19.3 Å². The summed E-state index contributed by atoms with van der Waals surface area (Å²) in [6.07, 6.45) is 78.2. The number of ether oxygens (including phenoxy) is 3. The van der Waals surface area contributed by atoms with Gasteiger partial charge in [0.1, 0.15) is 13.2 Å². The molecule has 0 aliphatic carbocycles. The van der Waals surface area contributed by atoms with Crippen molar-refractivity contribution in [1.29, 1.82) is 0 Å². The van der Waals surface area contributed by atoms with Crippen LogP contribution < -0.4 is 0 Å². The molecule has 1 atom stereocenters. The molecule has 0 heterocycles. The fraction of sp³-hybridized carbons (Fsp3) is 0.708. The van der Waals surface area contributed by atoms with Gasteiger partial charge in [0.15, 0.2) is 6.10 Å². The van der Waals surface area contributed by atoms with Gasteiger partial charge in [0.2, 0.25) is 0 Å². The Morgan fingerprint density at radius 2 is 0.592 bits per heavy atom. The summed E-state index contributed by atoms with van der Waals surface area (Å²) in [4.78, 5) is 38.2. The minimum atomic E-state index is -0.798. The maximum atomic E-state index is 12.9. The summed E-state index contributed by atoms with van der Waals surface area (Å²) in [5.74, 6) is -0.929. The van der Waals surface area contributed by atoms with E-state index in [0.29, 0.717) is 19.3 Å². The largest absolute Gasteiger partial charge is 0.462 e. The second-order valence-corrected chi connectivity index (χ2v) is 19.7. The predicted molar refractivity (Wildman–Crippen MR) is 307 cm³/mol. The summed E-state index contributed by atoms with van der Waals surface area (Å²) in [6, 6.07) is 0. The van der Waals surface area contributed by atoms with Gasteiger partial charge >= 0.3 is 17.9 Å². The molecule has 71 heavy (non-hydrogen) atoms. The number of hydrogen-bond donors (Lipinski definition) is 0. The average Bonchev–Trinajstić information content (AvgIpc) is 3.37. The molecule has 1 unspecified atom stereocenters. The van der Waals surface area contributed by atoms with E-state index < -0.39 is 6.10 Å². The van der Waals surface area contributed by atoms with Gasteiger partial charge in [-0.25, -0.2) is 0 Å². The van der Waals surface area contributed by atoms with E-state index in [4.69, 9.17) is 14.2 Å². The number of rotatable bonds is 53. The molecule has 0 N–H and O–H groups in total. The first-order chi connectivity index (χ1) is 35.0. The summed E-state index contributed by atoms with van der Waals surface area (Å²) in [5.41, 5.74) is 0. The molecule has 0 amide bonds. The molecule has 0 aromatic rings. The van der Waals surface area contributed by atoms with E-state index in [0.717, 1.165) is 109 Å². The Morgan fingerprint density at radius 1 is 0.296 bits per heavy atom. The van der Waals surface area contributed by atoms with Crippen molar-refractivity contribution in [2.24, 2.45) is 0 Å². The molecule has 6 nitrogen and oxygen atoms in total. The van der Waals surface area contributed by atoms with Crippen molar-refractivity contribution in [2.45, 2.75) is 284 Å². The zero-order valence-electron chi connectivity index (χ0n) is 46.5. The lowest BCUT2D eigenvalue weighted by molar-refractivity contribution is -0.167. The molecule has 0 saturated carbocycles. The smallest absolute Gasteiger partial charge is 0.306 e. The topological polar surface area (TPSA) is 78.9 Å². The predicted octanol–water partition coefficient (Wildman–Crippen LogP) is 20.1. The van der Waals surface area contributed by atoms with Crippen LogP contribution in [0, 0.1) is 0 Å². The summed E-state index contributed by atoms with van der Waals surface area (Å²) >= 11 is 0. The van der Waals surface area contributed by atoms with Crippen molar-refractivity contribution in [3.05, 3.63) is 97.2 Å². The molecule has 0 aliphatic heterocycles. The van der Waals surface area contributed by atoms with E-state index >= 15 is 0 Å². The van der Waals surface area contributed by atoms with E-state index in [2.05, 4.69) is 93.7 Å². The van der Waals surface area contributed by atoms with E-state index in [1.165, 1.54) is 128 Å². The molecule has 0 aromatic carbocycles. The first kappa shape index (κ1) is 67.3. The highest BCUT2D eigenvalue weighted by atomic mass is 16.6. The second-order valence-electron chi connectivity index (χ2n) is 19.7. The Balaban J connectivity index is 4.47. The molecule has 0 aromatic heterocycles. The van der Waals surface area contributed by atoms with Crippen LogP contribution in [0.3, 0.4) is 0 Å². The van der Waals surface area contributed by atoms with Crippen LogP contribution in [0.25, 0.3) is 0 Å². The molecular weight excluding hydrogens is 877 g/mol. The minimum absolute atomic E-state index is 0.0938. The molecule has 406 valence electrons. The zero-order valence-corrected chi connectivity index (χ0v) is 46.5. The van der Waals surface area contributed by atoms with Gasteiger partial charge in [-0.2, -0.15) is 0 Å². The van der Waals surface area contributed by atoms with Crippen molar-refractivity contribution < 1.29 is 28.6 Å². The fourth-order valence-electron chi connectivity index (χ4n) is 8.14. The third-order valence-electron chi connectivity index (χ3n) is 12.6. The van der Waals surface area contributed by atoms with Crippen molar-refractivity contribution in [2.75, 3.05) is 13.2 Å². The van der Waals surface area contributed by atoms with Gasteiger partial charge in [-0.3, -0.25) is 14.4 Å². The van der Waals surface area contributed by atoms with Crippen molar-refractivity contribution >= 4 is 17.9 Å². The van der Waals surface area contributed by atoms with Crippen molar-refractivity contribution in [1.82, 2.24) is 0 Å². The molecule has 6 heteroatoms. The van der Waals surface area contributed by atoms with E-state index in [1.807, 2.05) is 24.3 Å². The number of carbonyl (C=O) groups excluding carboxylic acids is 3. The maximum absolute atomic E-state index is 12.9. The summed E-state index contributed by atoms with van der Waals surface area (Å²) < 4.78 is 16.9. The first-order valence-electron chi connectivity index (χ1n) is 29.8. The highest BCUT2D eigenvalue weighted by molar-refractivity contribution is 5.71. The Kier molecular flexibility index (Phi) is 55.9. The molecule has 0 radical (unpaired) electrons. The van der Waals surface area contributed by atoms with Crippen LogP contribution in [0.2, 0.25) is 0 Å². The Bertz CT molecular complexity index is 1410.